The highest BCUT2D eigenvalue weighted by molar-refractivity contribution is 6.01. The van der Waals surface area contributed by atoms with Crippen LogP contribution >= 0.6 is 0 Å². The van der Waals surface area contributed by atoms with Crippen LogP contribution in [-0.2, 0) is 9.53 Å². The quantitative estimate of drug-likeness (QED) is 0.819. The molecule has 2 aromatic rings. The van der Waals surface area contributed by atoms with E-state index < -0.39 is 6.04 Å². The van der Waals surface area contributed by atoms with Crippen LogP contribution in [0.2, 0.25) is 0 Å². The first-order valence-electron chi connectivity index (χ1n) is 9.47. The van der Waals surface area contributed by atoms with Crippen LogP contribution in [0.25, 0.3) is 0 Å². The van der Waals surface area contributed by atoms with E-state index in [1.807, 2.05) is 54.6 Å². The van der Waals surface area contributed by atoms with Gasteiger partial charge in [-0.15, -0.1) is 0 Å². The standard InChI is InChI=1S/C22H23N3O4/c1-24-18-14-25(11-12-28-2)21(26)19(18)20(23-22(24)27)15-7-6-10-17(13-15)29-16-8-4-3-5-9-16/h3-10,13,20H,11-12,14H2,1-2H3,(H,23,27)/t20-/m1/s1. The van der Waals surface area contributed by atoms with Gasteiger partial charge in [0.15, 0.2) is 0 Å². The monoisotopic (exact) mass is 393 g/mol. The molecule has 0 radical (unpaired) electrons. The minimum atomic E-state index is -0.520. The van der Waals surface area contributed by atoms with Crippen molar-refractivity contribution in [2.75, 3.05) is 33.9 Å². The number of rotatable bonds is 6. The van der Waals surface area contributed by atoms with Crippen molar-refractivity contribution in [2.24, 2.45) is 0 Å². The molecule has 29 heavy (non-hydrogen) atoms. The number of likely N-dealkylation sites (N-methyl/N-ethyl adjacent to an activating group) is 1. The molecule has 2 aliphatic rings. The zero-order valence-electron chi connectivity index (χ0n) is 16.4. The average Bonchev–Trinajstić information content (AvgIpc) is 3.07. The van der Waals surface area contributed by atoms with Gasteiger partial charge in [0, 0.05) is 20.7 Å². The van der Waals surface area contributed by atoms with E-state index in [1.165, 1.54) is 4.90 Å². The molecule has 0 saturated carbocycles. The Labute approximate surface area is 169 Å². The second-order valence-corrected chi connectivity index (χ2v) is 7.01. The fourth-order valence-corrected chi connectivity index (χ4v) is 3.64. The van der Waals surface area contributed by atoms with Crippen LogP contribution in [0.1, 0.15) is 11.6 Å². The van der Waals surface area contributed by atoms with Gasteiger partial charge in [0.25, 0.3) is 5.91 Å². The van der Waals surface area contributed by atoms with E-state index >= 15 is 0 Å². The Balaban J connectivity index is 1.64. The van der Waals surface area contributed by atoms with Gasteiger partial charge in [-0.3, -0.25) is 9.69 Å². The van der Waals surface area contributed by atoms with E-state index in [0.29, 0.717) is 31.0 Å². The maximum atomic E-state index is 13.1. The molecule has 4 rings (SSSR count). The number of ether oxygens (including phenoxy) is 2. The molecule has 0 spiro atoms. The summed E-state index contributed by atoms with van der Waals surface area (Å²) in [5, 5.41) is 2.95. The summed E-state index contributed by atoms with van der Waals surface area (Å²) in [6.07, 6.45) is 0. The lowest BCUT2D eigenvalue weighted by Crippen LogP contribution is -2.45. The van der Waals surface area contributed by atoms with Crippen LogP contribution in [0, 0.1) is 0 Å². The molecule has 0 aromatic heterocycles. The van der Waals surface area contributed by atoms with Crippen molar-refractivity contribution in [2.45, 2.75) is 6.04 Å². The van der Waals surface area contributed by atoms with Crippen molar-refractivity contribution >= 4 is 11.9 Å². The van der Waals surface area contributed by atoms with Crippen LogP contribution in [-0.4, -0.2) is 55.6 Å². The SMILES string of the molecule is COCCN1CC2=C(C1=O)[C@@H](c1cccc(Oc3ccccc3)c1)NC(=O)N2C. The Morgan fingerprint density at radius 2 is 1.83 bits per heavy atom. The Morgan fingerprint density at radius 3 is 2.59 bits per heavy atom. The number of carbonyl (C=O) groups is 2. The lowest BCUT2D eigenvalue weighted by molar-refractivity contribution is -0.126. The first kappa shape index (κ1) is 19.0. The zero-order chi connectivity index (χ0) is 20.4. The van der Waals surface area contributed by atoms with E-state index in [1.54, 1.807) is 19.1 Å². The minimum absolute atomic E-state index is 0.0803. The van der Waals surface area contributed by atoms with Crippen molar-refractivity contribution < 1.29 is 19.1 Å². The van der Waals surface area contributed by atoms with Gasteiger partial charge < -0.3 is 19.7 Å². The van der Waals surface area contributed by atoms with Crippen molar-refractivity contribution in [1.29, 1.82) is 0 Å². The first-order chi connectivity index (χ1) is 14.1. The summed E-state index contributed by atoms with van der Waals surface area (Å²) in [5.41, 5.74) is 2.13. The molecule has 1 N–H and O–H groups in total. The maximum Gasteiger partial charge on any atom is 0.322 e. The molecule has 3 amide bonds. The average molecular weight is 393 g/mol. The summed E-state index contributed by atoms with van der Waals surface area (Å²) >= 11 is 0. The van der Waals surface area contributed by atoms with Crippen LogP contribution in [0.3, 0.4) is 0 Å². The highest BCUT2D eigenvalue weighted by Gasteiger charge is 2.42. The number of hydrogen-bond donors (Lipinski definition) is 1. The number of urea groups is 1. The third-order valence-electron chi connectivity index (χ3n) is 5.17. The molecule has 0 fully saturated rings. The van der Waals surface area contributed by atoms with Crippen LogP contribution < -0.4 is 10.1 Å². The number of amides is 3. The number of para-hydroxylation sites is 1. The third-order valence-corrected chi connectivity index (χ3v) is 5.17. The molecular weight excluding hydrogens is 370 g/mol. The van der Waals surface area contributed by atoms with Crippen molar-refractivity contribution in [1.82, 2.24) is 15.1 Å². The Kier molecular flexibility index (Phi) is 5.22. The summed E-state index contributed by atoms with van der Waals surface area (Å²) in [6.45, 7) is 1.33. The largest absolute Gasteiger partial charge is 0.457 e. The van der Waals surface area contributed by atoms with Gasteiger partial charge in [0.05, 0.1) is 30.5 Å². The number of hydrogen-bond acceptors (Lipinski definition) is 4. The zero-order valence-corrected chi connectivity index (χ0v) is 16.4. The third kappa shape index (κ3) is 3.69. The molecule has 150 valence electrons. The second-order valence-electron chi connectivity index (χ2n) is 7.01. The Bertz CT molecular complexity index is 958. The summed E-state index contributed by atoms with van der Waals surface area (Å²) < 4.78 is 11.0. The summed E-state index contributed by atoms with van der Waals surface area (Å²) in [4.78, 5) is 28.8. The number of carbonyl (C=O) groups excluding carboxylic acids is 2. The Morgan fingerprint density at radius 1 is 1.07 bits per heavy atom. The molecule has 0 saturated heterocycles. The molecule has 2 aromatic carbocycles. The highest BCUT2D eigenvalue weighted by atomic mass is 16.5. The van der Waals surface area contributed by atoms with Gasteiger partial charge in [-0.05, 0) is 29.8 Å². The first-order valence-corrected chi connectivity index (χ1v) is 9.47. The summed E-state index contributed by atoms with van der Waals surface area (Å²) in [5.74, 6) is 1.29. The number of benzene rings is 2. The smallest absolute Gasteiger partial charge is 0.322 e. The fourth-order valence-electron chi connectivity index (χ4n) is 3.64. The van der Waals surface area contributed by atoms with Gasteiger partial charge in [-0.25, -0.2) is 4.79 Å². The van der Waals surface area contributed by atoms with Crippen molar-refractivity contribution in [3.63, 3.8) is 0 Å². The van der Waals surface area contributed by atoms with Crippen LogP contribution in [0.15, 0.2) is 65.9 Å². The molecular formula is C22H23N3O4. The van der Waals surface area contributed by atoms with E-state index in [4.69, 9.17) is 9.47 Å². The van der Waals surface area contributed by atoms with E-state index in [9.17, 15) is 9.59 Å². The Hall–Kier alpha value is -3.32. The van der Waals surface area contributed by atoms with E-state index in [-0.39, 0.29) is 11.9 Å². The van der Waals surface area contributed by atoms with E-state index in [2.05, 4.69) is 5.32 Å². The molecule has 2 aliphatic heterocycles. The fraction of sp³-hybridized carbons (Fsp3) is 0.273. The van der Waals surface area contributed by atoms with Crippen LogP contribution in [0.4, 0.5) is 4.79 Å². The van der Waals surface area contributed by atoms with Crippen molar-refractivity contribution in [3.8, 4) is 11.5 Å². The lowest BCUT2D eigenvalue weighted by Gasteiger charge is -2.31. The topological polar surface area (TPSA) is 71.1 Å². The molecule has 2 heterocycles. The molecule has 1 atom stereocenters. The number of nitrogens with zero attached hydrogens (tertiary/aromatic N) is 2. The summed E-state index contributed by atoms with van der Waals surface area (Å²) in [6, 6.07) is 16.2. The predicted molar refractivity (Wildman–Crippen MR) is 107 cm³/mol. The second kappa shape index (κ2) is 7.97. The molecule has 0 unspecified atom stereocenters. The predicted octanol–water partition coefficient (Wildman–Crippen LogP) is 2.92. The van der Waals surface area contributed by atoms with Gasteiger partial charge in [-0.1, -0.05) is 30.3 Å². The number of methoxy groups -OCH3 is 1. The molecule has 0 aliphatic carbocycles. The van der Waals surface area contributed by atoms with Crippen LogP contribution in [0.5, 0.6) is 11.5 Å². The van der Waals surface area contributed by atoms with Gasteiger partial charge in [0.2, 0.25) is 0 Å². The number of nitrogens with one attached hydrogen (secondary N) is 1. The highest BCUT2D eigenvalue weighted by Crippen LogP contribution is 2.36. The maximum absolute atomic E-state index is 13.1. The lowest BCUT2D eigenvalue weighted by atomic mass is 9.95. The molecule has 7 nitrogen and oxygen atoms in total. The van der Waals surface area contributed by atoms with Gasteiger partial charge in [0.1, 0.15) is 11.5 Å². The summed E-state index contributed by atoms with van der Waals surface area (Å²) in [7, 11) is 3.29. The van der Waals surface area contributed by atoms with Crippen molar-refractivity contribution in [3.05, 3.63) is 71.4 Å². The van der Waals surface area contributed by atoms with Gasteiger partial charge in [-0.2, -0.15) is 0 Å². The molecule has 0 bridgehead atoms. The van der Waals surface area contributed by atoms with E-state index in [0.717, 1.165) is 17.0 Å². The molecule has 7 heteroatoms. The normalized spacial score (nSPS) is 18.8. The minimum Gasteiger partial charge on any atom is -0.457 e. The van der Waals surface area contributed by atoms with Gasteiger partial charge >= 0.3 is 6.03 Å².